The van der Waals surface area contributed by atoms with E-state index in [1.165, 1.54) is 4.88 Å². The molecule has 1 aliphatic rings. The second-order valence-electron chi connectivity index (χ2n) is 7.39. The number of fused-ring (bicyclic) bond motifs is 2. The second-order valence-corrected chi connectivity index (χ2v) is 8.56. The first-order valence-corrected chi connectivity index (χ1v) is 10.4. The summed E-state index contributed by atoms with van der Waals surface area (Å²) in [6.45, 7) is 4.73. The fraction of sp³-hybridized carbons (Fsp3) is 0.333. The van der Waals surface area contributed by atoms with Crippen LogP contribution in [-0.4, -0.2) is 38.9 Å². The molecule has 0 atom stereocenters. The van der Waals surface area contributed by atoms with E-state index in [9.17, 15) is 4.79 Å². The highest BCUT2D eigenvalue weighted by Gasteiger charge is 2.29. The number of ether oxygens (including phenoxy) is 1. The Hall–Kier alpha value is -2.64. The van der Waals surface area contributed by atoms with Gasteiger partial charge in [-0.15, -0.1) is 11.3 Å². The van der Waals surface area contributed by atoms with Crippen molar-refractivity contribution in [3.05, 3.63) is 57.3 Å². The number of hydrogen-bond donors (Lipinski definition) is 1. The molecule has 0 radical (unpaired) electrons. The molecule has 1 aliphatic heterocycles. The predicted octanol–water partition coefficient (Wildman–Crippen LogP) is 3.30. The Bertz CT molecular complexity index is 1220. The van der Waals surface area contributed by atoms with Gasteiger partial charge in [0, 0.05) is 42.5 Å². The summed E-state index contributed by atoms with van der Waals surface area (Å²) in [5.74, 6) is 0.900. The van der Waals surface area contributed by atoms with Crippen LogP contribution in [0.25, 0.3) is 21.1 Å². The van der Waals surface area contributed by atoms with Gasteiger partial charge in [-0.2, -0.15) is 5.10 Å². The lowest BCUT2D eigenvalue weighted by Gasteiger charge is -2.38. The van der Waals surface area contributed by atoms with E-state index in [-0.39, 0.29) is 11.7 Å². The van der Waals surface area contributed by atoms with Gasteiger partial charge < -0.3 is 9.72 Å². The summed E-state index contributed by atoms with van der Waals surface area (Å²) in [6, 6.07) is 10.2. The zero-order chi connectivity index (χ0) is 19.3. The Labute approximate surface area is 166 Å². The third-order valence-electron chi connectivity index (χ3n) is 5.36. The molecule has 4 aromatic rings. The van der Waals surface area contributed by atoms with Gasteiger partial charge in [0.15, 0.2) is 0 Å². The number of hydrogen-bond acceptors (Lipinski definition) is 5. The minimum Gasteiger partial charge on any atom is -0.488 e. The molecule has 0 bridgehead atoms. The van der Waals surface area contributed by atoms with E-state index in [0.717, 1.165) is 58.5 Å². The number of rotatable bonds is 5. The van der Waals surface area contributed by atoms with E-state index < -0.39 is 0 Å². The SMILES string of the molecule is CCc1cc2sc(CN3CC(Oc4ccc5c(cnn5C)c4)C3)cc2[nH]c1=O. The van der Waals surface area contributed by atoms with Crippen molar-refractivity contribution in [2.45, 2.75) is 26.0 Å². The lowest BCUT2D eigenvalue weighted by atomic mass is 10.1. The molecule has 1 saturated heterocycles. The summed E-state index contributed by atoms with van der Waals surface area (Å²) >= 11 is 1.76. The number of benzene rings is 1. The zero-order valence-corrected chi connectivity index (χ0v) is 16.8. The van der Waals surface area contributed by atoms with Gasteiger partial charge in [0.25, 0.3) is 5.56 Å². The van der Waals surface area contributed by atoms with Crippen LogP contribution in [0, 0.1) is 0 Å². The first-order valence-electron chi connectivity index (χ1n) is 9.54. The van der Waals surface area contributed by atoms with Gasteiger partial charge in [-0.05, 0) is 36.8 Å². The van der Waals surface area contributed by atoms with Crippen molar-refractivity contribution in [1.82, 2.24) is 19.7 Å². The normalized spacial score (nSPS) is 15.4. The number of aromatic nitrogens is 3. The van der Waals surface area contributed by atoms with E-state index in [2.05, 4.69) is 33.2 Å². The minimum atomic E-state index is 0.0300. The molecule has 0 aliphatic carbocycles. The average molecular weight is 395 g/mol. The Kier molecular flexibility index (Phi) is 4.21. The number of H-pyrrole nitrogens is 1. The maximum atomic E-state index is 12.0. The third kappa shape index (κ3) is 3.10. The van der Waals surface area contributed by atoms with Gasteiger partial charge >= 0.3 is 0 Å². The monoisotopic (exact) mass is 394 g/mol. The molecule has 0 unspecified atom stereocenters. The summed E-state index contributed by atoms with van der Waals surface area (Å²) in [6.07, 6.45) is 2.84. The first kappa shape index (κ1) is 17.5. The van der Waals surface area contributed by atoms with Crippen LogP contribution in [0.4, 0.5) is 0 Å². The Morgan fingerprint density at radius 1 is 1.29 bits per heavy atom. The van der Waals surface area contributed by atoms with Crippen molar-refractivity contribution in [3.8, 4) is 5.75 Å². The van der Waals surface area contributed by atoms with E-state index in [1.54, 1.807) is 11.3 Å². The van der Waals surface area contributed by atoms with E-state index in [4.69, 9.17) is 4.74 Å². The van der Waals surface area contributed by atoms with Crippen molar-refractivity contribution >= 4 is 32.5 Å². The van der Waals surface area contributed by atoms with Crippen molar-refractivity contribution in [3.63, 3.8) is 0 Å². The van der Waals surface area contributed by atoms with E-state index in [1.807, 2.05) is 37.0 Å². The third-order valence-corrected chi connectivity index (χ3v) is 6.43. The fourth-order valence-corrected chi connectivity index (χ4v) is 4.91. The fourth-order valence-electron chi connectivity index (χ4n) is 3.78. The molecule has 0 amide bonds. The van der Waals surface area contributed by atoms with Crippen LogP contribution in [0.3, 0.4) is 0 Å². The number of aryl methyl sites for hydroxylation is 2. The smallest absolute Gasteiger partial charge is 0.251 e. The summed E-state index contributed by atoms with van der Waals surface area (Å²) in [7, 11) is 1.94. The van der Waals surface area contributed by atoms with Crippen LogP contribution in [0.15, 0.2) is 41.3 Å². The molecule has 144 valence electrons. The van der Waals surface area contributed by atoms with Gasteiger partial charge in [0.1, 0.15) is 11.9 Å². The molecule has 1 N–H and O–H groups in total. The Morgan fingerprint density at radius 2 is 2.14 bits per heavy atom. The van der Waals surface area contributed by atoms with Gasteiger partial charge in [0.2, 0.25) is 0 Å². The highest BCUT2D eigenvalue weighted by molar-refractivity contribution is 7.19. The average Bonchev–Trinajstić information content (AvgIpc) is 3.21. The summed E-state index contributed by atoms with van der Waals surface area (Å²) < 4.78 is 9.14. The van der Waals surface area contributed by atoms with Gasteiger partial charge in [-0.1, -0.05) is 6.92 Å². The number of likely N-dealkylation sites (tertiary alicyclic amines) is 1. The van der Waals surface area contributed by atoms with Crippen molar-refractivity contribution in [2.24, 2.45) is 7.05 Å². The number of pyridine rings is 1. The van der Waals surface area contributed by atoms with Gasteiger partial charge in [-0.3, -0.25) is 14.4 Å². The molecule has 28 heavy (non-hydrogen) atoms. The number of thiophene rings is 1. The lowest BCUT2D eigenvalue weighted by molar-refractivity contribution is 0.0153. The Balaban J connectivity index is 1.22. The molecular formula is C21H22N4O2S. The lowest BCUT2D eigenvalue weighted by Crippen LogP contribution is -2.52. The van der Waals surface area contributed by atoms with Crippen molar-refractivity contribution in [2.75, 3.05) is 13.1 Å². The largest absolute Gasteiger partial charge is 0.488 e. The molecule has 6 nitrogen and oxygen atoms in total. The molecule has 5 rings (SSSR count). The number of nitrogens with one attached hydrogen (secondary N) is 1. The molecule has 0 saturated carbocycles. The molecule has 1 aromatic carbocycles. The maximum absolute atomic E-state index is 12.0. The van der Waals surface area contributed by atoms with E-state index in [0.29, 0.717) is 0 Å². The summed E-state index contributed by atoms with van der Waals surface area (Å²) in [5.41, 5.74) is 2.93. The zero-order valence-electron chi connectivity index (χ0n) is 15.9. The van der Waals surface area contributed by atoms with Gasteiger partial charge in [-0.25, -0.2) is 0 Å². The van der Waals surface area contributed by atoms with Crippen LogP contribution in [-0.2, 0) is 20.0 Å². The number of nitrogens with zero attached hydrogens (tertiary/aromatic N) is 3. The molecule has 3 aromatic heterocycles. The minimum absolute atomic E-state index is 0.0300. The molecule has 1 fully saturated rings. The number of aromatic amines is 1. The maximum Gasteiger partial charge on any atom is 0.251 e. The molecule has 7 heteroatoms. The topological polar surface area (TPSA) is 63.1 Å². The standard InChI is InChI=1S/C21H22N4O2S/c1-3-13-7-20-18(23-21(13)26)8-17(28-20)12-25-10-16(11-25)27-15-4-5-19-14(6-15)9-22-24(19)2/h4-9,16H,3,10-12H2,1-2H3,(H,23,26). The predicted molar refractivity (Wildman–Crippen MR) is 112 cm³/mol. The van der Waals surface area contributed by atoms with Crippen LogP contribution in [0.1, 0.15) is 17.4 Å². The van der Waals surface area contributed by atoms with Gasteiger partial charge in [0.05, 0.1) is 21.9 Å². The van der Waals surface area contributed by atoms with Crippen molar-refractivity contribution < 1.29 is 4.74 Å². The van der Waals surface area contributed by atoms with Crippen LogP contribution < -0.4 is 10.3 Å². The Morgan fingerprint density at radius 3 is 2.96 bits per heavy atom. The molecule has 4 heterocycles. The quantitative estimate of drug-likeness (QED) is 0.564. The summed E-state index contributed by atoms with van der Waals surface area (Å²) in [4.78, 5) is 18.6. The molecular weight excluding hydrogens is 372 g/mol. The van der Waals surface area contributed by atoms with Crippen LogP contribution >= 0.6 is 11.3 Å². The summed E-state index contributed by atoms with van der Waals surface area (Å²) in [5, 5.41) is 5.37. The van der Waals surface area contributed by atoms with Crippen molar-refractivity contribution in [1.29, 1.82) is 0 Å². The first-order chi connectivity index (χ1) is 13.6. The molecule has 0 spiro atoms. The van der Waals surface area contributed by atoms with Crippen LogP contribution in [0.2, 0.25) is 0 Å². The second kappa shape index (κ2) is 6.76. The highest BCUT2D eigenvalue weighted by atomic mass is 32.1. The van der Waals surface area contributed by atoms with E-state index >= 15 is 0 Å². The van der Waals surface area contributed by atoms with Crippen LogP contribution in [0.5, 0.6) is 5.75 Å². The highest BCUT2D eigenvalue weighted by Crippen LogP contribution is 2.28.